The summed E-state index contributed by atoms with van der Waals surface area (Å²) in [6, 6.07) is 8.04. The first kappa shape index (κ1) is 13.4. The van der Waals surface area contributed by atoms with Crippen molar-refractivity contribution in [3.8, 4) is 0 Å². The summed E-state index contributed by atoms with van der Waals surface area (Å²) in [6.45, 7) is 2.50. The zero-order valence-electron chi connectivity index (χ0n) is 10.5. The highest BCUT2D eigenvalue weighted by Crippen LogP contribution is 2.41. The third-order valence-electron chi connectivity index (χ3n) is 3.09. The maximum absolute atomic E-state index is 11.4. The van der Waals surface area contributed by atoms with Crippen molar-refractivity contribution in [2.24, 2.45) is 5.92 Å². The highest BCUT2D eigenvalue weighted by Gasteiger charge is 2.32. The van der Waals surface area contributed by atoms with E-state index in [4.69, 9.17) is 16.3 Å². The van der Waals surface area contributed by atoms with Crippen LogP contribution in [0.3, 0.4) is 0 Å². The number of rotatable bonds is 6. The maximum atomic E-state index is 11.4. The normalized spacial score (nSPS) is 16.3. The first-order valence-electron chi connectivity index (χ1n) is 6.35. The Balaban J connectivity index is 1.96. The Morgan fingerprint density at radius 2 is 2.11 bits per heavy atom. The number of nitrogens with one attached hydrogen (secondary N) is 1. The van der Waals surface area contributed by atoms with E-state index in [1.165, 1.54) is 18.4 Å². The molecule has 1 N–H and O–H groups in total. The fourth-order valence-corrected chi connectivity index (χ4v) is 2.19. The summed E-state index contributed by atoms with van der Waals surface area (Å²) >= 11 is 5.89. The first-order chi connectivity index (χ1) is 8.70. The van der Waals surface area contributed by atoms with E-state index in [1.807, 2.05) is 31.2 Å². The highest BCUT2D eigenvalue weighted by atomic mass is 35.5. The Hall–Kier alpha value is -1.06. The number of hydrogen-bond donors (Lipinski definition) is 1. The van der Waals surface area contributed by atoms with Crippen LogP contribution in [0.25, 0.3) is 0 Å². The number of halogens is 1. The molecular weight excluding hydrogens is 250 g/mol. The Labute approximate surface area is 112 Å². The van der Waals surface area contributed by atoms with E-state index in [0.29, 0.717) is 12.5 Å². The topological polar surface area (TPSA) is 38.3 Å². The van der Waals surface area contributed by atoms with Gasteiger partial charge in [-0.1, -0.05) is 23.7 Å². The van der Waals surface area contributed by atoms with Gasteiger partial charge in [0.1, 0.15) is 0 Å². The molecule has 0 saturated heterocycles. The van der Waals surface area contributed by atoms with Gasteiger partial charge in [0.2, 0.25) is 0 Å². The summed E-state index contributed by atoms with van der Waals surface area (Å²) in [5, 5.41) is 4.02. The lowest BCUT2D eigenvalue weighted by Gasteiger charge is -2.18. The molecule has 98 valence electrons. The summed E-state index contributed by atoms with van der Waals surface area (Å²) < 4.78 is 4.92. The van der Waals surface area contributed by atoms with E-state index in [9.17, 15) is 4.79 Å². The molecule has 0 heterocycles. The van der Waals surface area contributed by atoms with E-state index in [0.717, 1.165) is 5.02 Å². The average Bonchev–Trinajstić information content (AvgIpc) is 3.16. The highest BCUT2D eigenvalue weighted by molar-refractivity contribution is 6.30. The summed E-state index contributed by atoms with van der Waals surface area (Å²) in [5.41, 5.74) is 1.19. The largest absolute Gasteiger partial charge is 0.465 e. The van der Waals surface area contributed by atoms with E-state index < -0.39 is 0 Å². The van der Waals surface area contributed by atoms with Gasteiger partial charge in [0.05, 0.1) is 13.2 Å². The van der Waals surface area contributed by atoms with Crippen molar-refractivity contribution >= 4 is 17.6 Å². The number of benzene rings is 1. The number of esters is 1. The van der Waals surface area contributed by atoms with Crippen molar-refractivity contribution in [2.75, 3.05) is 13.2 Å². The van der Waals surface area contributed by atoms with Gasteiger partial charge in [0.25, 0.3) is 0 Å². The van der Waals surface area contributed by atoms with Crippen molar-refractivity contribution in [3.63, 3.8) is 0 Å². The molecule has 18 heavy (non-hydrogen) atoms. The van der Waals surface area contributed by atoms with Crippen LogP contribution in [-0.4, -0.2) is 19.1 Å². The second kappa shape index (κ2) is 6.21. The first-order valence-corrected chi connectivity index (χ1v) is 6.73. The zero-order chi connectivity index (χ0) is 13.0. The Kier molecular flexibility index (Phi) is 4.61. The molecular formula is C14H18ClNO2. The fourth-order valence-electron chi connectivity index (χ4n) is 2.06. The van der Waals surface area contributed by atoms with Crippen molar-refractivity contribution in [3.05, 3.63) is 34.9 Å². The fraction of sp³-hybridized carbons (Fsp3) is 0.500. The molecule has 1 unspecified atom stereocenters. The van der Waals surface area contributed by atoms with Gasteiger partial charge in [0, 0.05) is 11.1 Å². The third kappa shape index (κ3) is 3.72. The molecule has 0 bridgehead atoms. The minimum Gasteiger partial charge on any atom is -0.465 e. The Morgan fingerprint density at radius 1 is 1.44 bits per heavy atom. The molecule has 1 aliphatic carbocycles. The van der Waals surface area contributed by atoms with E-state index >= 15 is 0 Å². The van der Waals surface area contributed by atoms with Crippen molar-refractivity contribution in [2.45, 2.75) is 25.8 Å². The molecule has 1 aromatic carbocycles. The molecule has 1 aromatic rings. The van der Waals surface area contributed by atoms with E-state index in [1.54, 1.807) is 0 Å². The second-order valence-electron chi connectivity index (χ2n) is 4.55. The molecule has 1 aliphatic rings. The molecule has 0 aromatic heterocycles. The molecule has 0 radical (unpaired) electrons. The van der Waals surface area contributed by atoms with Crippen LogP contribution in [0.5, 0.6) is 0 Å². The van der Waals surface area contributed by atoms with Crippen LogP contribution >= 0.6 is 11.6 Å². The summed E-state index contributed by atoms with van der Waals surface area (Å²) in [4.78, 5) is 11.4. The molecule has 2 rings (SSSR count). The van der Waals surface area contributed by atoms with Crippen LogP contribution in [0.4, 0.5) is 0 Å². The van der Waals surface area contributed by atoms with Gasteiger partial charge in [-0.05, 0) is 43.4 Å². The predicted molar refractivity (Wildman–Crippen MR) is 71.6 cm³/mol. The summed E-state index contributed by atoms with van der Waals surface area (Å²) in [6.07, 6.45) is 2.42. The lowest BCUT2D eigenvalue weighted by atomic mass is 10.0. The minimum absolute atomic E-state index is 0.197. The quantitative estimate of drug-likeness (QED) is 0.806. The van der Waals surface area contributed by atoms with Gasteiger partial charge in [-0.2, -0.15) is 0 Å². The number of ether oxygens (including phenoxy) is 1. The van der Waals surface area contributed by atoms with E-state index in [2.05, 4.69) is 5.32 Å². The number of carbonyl (C=O) groups excluding carboxylic acids is 1. The molecule has 0 aliphatic heterocycles. The van der Waals surface area contributed by atoms with Crippen LogP contribution in [0.15, 0.2) is 24.3 Å². The smallest absolute Gasteiger partial charge is 0.319 e. The zero-order valence-corrected chi connectivity index (χ0v) is 11.2. The van der Waals surface area contributed by atoms with Gasteiger partial charge in [-0.3, -0.25) is 10.1 Å². The average molecular weight is 268 g/mol. The maximum Gasteiger partial charge on any atom is 0.319 e. The van der Waals surface area contributed by atoms with Gasteiger partial charge >= 0.3 is 5.97 Å². The van der Waals surface area contributed by atoms with Crippen LogP contribution < -0.4 is 5.32 Å². The van der Waals surface area contributed by atoms with Gasteiger partial charge in [0.15, 0.2) is 0 Å². The molecule has 3 nitrogen and oxygen atoms in total. The monoisotopic (exact) mass is 267 g/mol. The van der Waals surface area contributed by atoms with Crippen LogP contribution in [0.2, 0.25) is 5.02 Å². The molecule has 1 saturated carbocycles. The molecule has 1 fully saturated rings. The van der Waals surface area contributed by atoms with Gasteiger partial charge in [-0.25, -0.2) is 0 Å². The Bertz CT molecular complexity index is 401. The van der Waals surface area contributed by atoms with Crippen LogP contribution in [-0.2, 0) is 9.53 Å². The molecule has 0 spiro atoms. The lowest BCUT2D eigenvalue weighted by Crippen LogP contribution is -2.30. The van der Waals surface area contributed by atoms with Crippen LogP contribution in [0.1, 0.15) is 31.4 Å². The van der Waals surface area contributed by atoms with Gasteiger partial charge < -0.3 is 4.74 Å². The second-order valence-corrected chi connectivity index (χ2v) is 4.99. The van der Waals surface area contributed by atoms with E-state index in [-0.39, 0.29) is 18.6 Å². The SMILES string of the molecule is CCOC(=O)CNC(c1ccc(Cl)cc1)C1CC1. The molecule has 0 amide bonds. The predicted octanol–water partition coefficient (Wildman–Crippen LogP) is 2.94. The lowest BCUT2D eigenvalue weighted by molar-refractivity contribution is -0.142. The third-order valence-corrected chi connectivity index (χ3v) is 3.35. The summed E-state index contributed by atoms with van der Waals surface area (Å²) in [5.74, 6) is 0.428. The van der Waals surface area contributed by atoms with Gasteiger partial charge in [-0.15, -0.1) is 0 Å². The van der Waals surface area contributed by atoms with Crippen molar-refractivity contribution < 1.29 is 9.53 Å². The minimum atomic E-state index is -0.197. The number of carbonyl (C=O) groups is 1. The Morgan fingerprint density at radius 3 is 2.67 bits per heavy atom. The van der Waals surface area contributed by atoms with Crippen LogP contribution in [0, 0.1) is 5.92 Å². The summed E-state index contributed by atoms with van der Waals surface area (Å²) in [7, 11) is 0. The van der Waals surface area contributed by atoms with Crippen molar-refractivity contribution in [1.29, 1.82) is 0 Å². The molecule has 4 heteroatoms. The standard InChI is InChI=1S/C14H18ClNO2/c1-2-18-13(17)9-16-14(10-3-4-10)11-5-7-12(15)8-6-11/h5-8,10,14,16H,2-4,9H2,1H3. The molecule has 1 atom stereocenters. The number of hydrogen-bond acceptors (Lipinski definition) is 3. The van der Waals surface area contributed by atoms with Crippen molar-refractivity contribution in [1.82, 2.24) is 5.32 Å².